The smallest absolute Gasteiger partial charge is 0.384 e. The average Bonchev–Trinajstić information content (AvgIpc) is 3.20. The van der Waals surface area contributed by atoms with Crippen molar-refractivity contribution in [1.29, 1.82) is 0 Å². The van der Waals surface area contributed by atoms with Gasteiger partial charge >= 0.3 is 6.18 Å². The van der Waals surface area contributed by atoms with Crippen LogP contribution in [0.5, 0.6) is 0 Å². The lowest BCUT2D eigenvalue weighted by Gasteiger charge is -2.32. The van der Waals surface area contributed by atoms with Gasteiger partial charge in [-0.05, 0) is 42.8 Å². The summed E-state index contributed by atoms with van der Waals surface area (Å²) in [7, 11) is 0. The molecular weight excluding hydrogens is 487 g/mol. The lowest BCUT2D eigenvalue weighted by Crippen LogP contribution is -2.43. The molecule has 1 atom stereocenters. The van der Waals surface area contributed by atoms with E-state index in [4.69, 9.17) is 5.73 Å². The average molecular weight is 504 g/mol. The molecule has 10 heteroatoms. The van der Waals surface area contributed by atoms with Crippen molar-refractivity contribution >= 4 is 33.3 Å². The Hall–Kier alpha value is -3.32. The van der Waals surface area contributed by atoms with Gasteiger partial charge in [0.25, 0.3) is 5.91 Å². The second-order valence-corrected chi connectivity index (χ2v) is 7.87. The SMILES string of the molecule is C[C@H]1CN(c2ccc(C(F)(F)F)c(CBr)c2)C(=O)c2c(C#Cc3ccc(N)nc3)cnn21. The number of pyridine rings is 1. The predicted octanol–water partition coefficient (Wildman–Crippen LogP) is 4.40. The van der Waals surface area contributed by atoms with Gasteiger partial charge in [0.05, 0.1) is 23.4 Å². The van der Waals surface area contributed by atoms with Gasteiger partial charge in [-0.2, -0.15) is 18.3 Å². The molecule has 1 aliphatic heterocycles. The fraction of sp³-hybridized carbons (Fsp3) is 0.227. The largest absolute Gasteiger partial charge is 0.416 e. The van der Waals surface area contributed by atoms with Gasteiger partial charge in [0.1, 0.15) is 11.5 Å². The van der Waals surface area contributed by atoms with Crippen LogP contribution in [0, 0.1) is 11.8 Å². The predicted molar refractivity (Wildman–Crippen MR) is 117 cm³/mol. The van der Waals surface area contributed by atoms with E-state index in [0.29, 0.717) is 28.3 Å². The summed E-state index contributed by atoms with van der Waals surface area (Å²) in [5, 5.41) is 4.31. The highest BCUT2D eigenvalue weighted by Gasteiger charge is 2.36. The highest BCUT2D eigenvalue weighted by Crippen LogP contribution is 2.36. The molecule has 6 nitrogen and oxygen atoms in total. The summed E-state index contributed by atoms with van der Waals surface area (Å²) in [6, 6.07) is 6.86. The molecule has 32 heavy (non-hydrogen) atoms. The number of benzene rings is 1. The van der Waals surface area contributed by atoms with E-state index in [-0.39, 0.29) is 29.4 Å². The fourth-order valence-electron chi connectivity index (χ4n) is 3.53. The van der Waals surface area contributed by atoms with Crippen LogP contribution in [0.25, 0.3) is 0 Å². The van der Waals surface area contributed by atoms with Crippen LogP contribution < -0.4 is 10.6 Å². The van der Waals surface area contributed by atoms with Crippen molar-refractivity contribution in [2.24, 2.45) is 0 Å². The minimum absolute atomic E-state index is 0.0115. The lowest BCUT2D eigenvalue weighted by molar-refractivity contribution is -0.138. The van der Waals surface area contributed by atoms with Gasteiger partial charge in [0, 0.05) is 29.3 Å². The number of aromatic nitrogens is 3. The van der Waals surface area contributed by atoms with Crippen LogP contribution in [-0.2, 0) is 11.5 Å². The van der Waals surface area contributed by atoms with Gasteiger partial charge in [0.2, 0.25) is 0 Å². The molecular formula is C22H17BrF3N5O. The summed E-state index contributed by atoms with van der Waals surface area (Å²) in [6.07, 6.45) is -1.43. The number of carbonyl (C=O) groups excluding carboxylic acids is 1. The number of anilines is 2. The van der Waals surface area contributed by atoms with E-state index < -0.39 is 11.7 Å². The third kappa shape index (κ3) is 4.08. The summed E-state index contributed by atoms with van der Waals surface area (Å²) >= 11 is 3.12. The number of nitrogens with two attached hydrogens (primary N) is 1. The van der Waals surface area contributed by atoms with Crippen molar-refractivity contribution in [2.45, 2.75) is 24.5 Å². The molecule has 1 amide bonds. The third-order valence-corrected chi connectivity index (χ3v) is 5.69. The molecule has 0 unspecified atom stereocenters. The zero-order chi connectivity index (χ0) is 23.0. The number of hydrogen-bond acceptors (Lipinski definition) is 4. The van der Waals surface area contributed by atoms with Crippen LogP contribution in [-0.4, -0.2) is 27.2 Å². The fourth-order valence-corrected chi connectivity index (χ4v) is 3.99. The highest BCUT2D eigenvalue weighted by molar-refractivity contribution is 9.08. The number of nitrogens with zero attached hydrogens (tertiary/aromatic N) is 4. The number of halogens is 4. The lowest BCUT2D eigenvalue weighted by atomic mass is 10.0. The molecule has 3 heterocycles. The summed E-state index contributed by atoms with van der Waals surface area (Å²) in [5.41, 5.74) is 6.63. The molecule has 0 radical (unpaired) electrons. The Bertz CT molecular complexity index is 1240. The van der Waals surface area contributed by atoms with Crippen molar-refractivity contribution in [3.63, 3.8) is 0 Å². The second-order valence-electron chi connectivity index (χ2n) is 7.31. The Morgan fingerprint density at radius 2 is 2.00 bits per heavy atom. The van der Waals surface area contributed by atoms with Gasteiger partial charge < -0.3 is 10.6 Å². The third-order valence-electron chi connectivity index (χ3n) is 5.09. The second kappa shape index (κ2) is 8.31. The first-order valence-electron chi connectivity index (χ1n) is 9.58. The molecule has 2 aromatic heterocycles. The molecule has 0 saturated heterocycles. The van der Waals surface area contributed by atoms with Crippen molar-refractivity contribution in [1.82, 2.24) is 14.8 Å². The maximum atomic E-state index is 13.3. The number of fused-ring (bicyclic) bond motifs is 1. The molecule has 1 aliphatic rings. The van der Waals surface area contributed by atoms with E-state index >= 15 is 0 Å². The minimum Gasteiger partial charge on any atom is -0.384 e. The first kappa shape index (κ1) is 21.9. The van der Waals surface area contributed by atoms with E-state index in [9.17, 15) is 18.0 Å². The van der Waals surface area contributed by atoms with Crippen LogP contribution >= 0.6 is 15.9 Å². The monoisotopic (exact) mass is 503 g/mol. The zero-order valence-electron chi connectivity index (χ0n) is 16.8. The summed E-state index contributed by atoms with van der Waals surface area (Å²) in [4.78, 5) is 18.8. The van der Waals surface area contributed by atoms with Gasteiger partial charge in [-0.3, -0.25) is 9.48 Å². The maximum absolute atomic E-state index is 13.3. The highest BCUT2D eigenvalue weighted by atomic mass is 79.9. The van der Waals surface area contributed by atoms with E-state index in [1.807, 2.05) is 6.92 Å². The molecule has 4 rings (SSSR count). The molecule has 0 bridgehead atoms. The normalized spacial score (nSPS) is 15.8. The Balaban J connectivity index is 1.71. The van der Waals surface area contributed by atoms with E-state index in [1.165, 1.54) is 29.4 Å². The molecule has 0 fully saturated rings. The molecule has 164 valence electrons. The molecule has 0 saturated carbocycles. The van der Waals surface area contributed by atoms with Crippen molar-refractivity contribution in [2.75, 3.05) is 17.2 Å². The van der Waals surface area contributed by atoms with Crippen LogP contribution in [0.4, 0.5) is 24.7 Å². The number of nitrogen functional groups attached to an aromatic ring is 1. The van der Waals surface area contributed by atoms with Crippen molar-refractivity contribution in [3.8, 4) is 11.8 Å². The molecule has 0 spiro atoms. The summed E-state index contributed by atoms with van der Waals surface area (Å²) in [5.74, 6) is 5.88. The Kier molecular flexibility index (Phi) is 5.69. The quantitative estimate of drug-likeness (QED) is 0.415. The van der Waals surface area contributed by atoms with Gasteiger partial charge in [-0.25, -0.2) is 4.98 Å². The van der Waals surface area contributed by atoms with Crippen LogP contribution in [0.1, 0.15) is 45.7 Å². The topological polar surface area (TPSA) is 77.0 Å². The van der Waals surface area contributed by atoms with E-state index in [0.717, 1.165) is 6.07 Å². The standard InChI is InChI=1S/C22H17BrF3N5O/c1-13-12-30(17-5-6-18(22(24,25)26)16(8-17)9-23)21(32)20-15(11-29-31(13)20)4-2-14-3-7-19(27)28-10-14/h3,5-8,10-11,13H,9,12H2,1H3,(H2,27,28)/t13-/m0/s1. The van der Waals surface area contributed by atoms with Crippen molar-refractivity contribution in [3.05, 3.63) is 70.7 Å². The molecule has 2 N–H and O–H groups in total. The van der Waals surface area contributed by atoms with E-state index in [2.05, 4.69) is 37.9 Å². The van der Waals surface area contributed by atoms with Gasteiger partial charge in [-0.15, -0.1) is 0 Å². The number of hydrogen-bond donors (Lipinski definition) is 1. The Morgan fingerprint density at radius 3 is 2.66 bits per heavy atom. The molecule has 3 aromatic rings. The van der Waals surface area contributed by atoms with Gasteiger partial charge in [-0.1, -0.05) is 27.8 Å². The maximum Gasteiger partial charge on any atom is 0.416 e. The summed E-state index contributed by atoms with van der Waals surface area (Å²) < 4.78 is 41.4. The zero-order valence-corrected chi connectivity index (χ0v) is 18.4. The van der Waals surface area contributed by atoms with E-state index in [1.54, 1.807) is 16.8 Å². The van der Waals surface area contributed by atoms with Crippen LogP contribution in [0.15, 0.2) is 42.7 Å². The van der Waals surface area contributed by atoms with Crippen molar-refractivity contribution < 1.29 is 18.0 Å². The first-order valence-corrected chi connectivity index (χ1v) is 10.7. The Labute approximate surface area is 190 Å². The molecule has 0 aliphatic carbocycles. The Morgan fingerprint density at radius 1 is 1.22 bits per heavy atom. The number of amides is 1. The van der Waals surface area contributed by atoms with Gasteiger partial charge in [0.15, 0.2) is 0 Å². The minimum atomic E-state index is -4.47. The summed E-state index contributed by atoms with van der Waals surface area (Å²) in [6.45, 7) is 2.15. The number of rotatable bonds is 2. The first-order chi connectivity index (χ1) is 15.2. The van der Waals surface area contributed by atoms with Crippen LogP contribution in [0.3, 0.4) is 0 Å². The molecule has 1 aromatic carbocycles. The number of carbonyl (C=O) groups is 1. The number of alkyl halides is 4. The van der Waals surface area contributed by atoms with Crippen LogP contribution in [0.2, 0.25) is 0 Å².